The number of hydrogen-bond donors (Lipinski definition) is 2. The van der Waals surface area contributed by atoms with Gasteiger partial charge in [0, 0.05) is 12.1 Å². The first-order valence-electron chi connectivity index (χ1n) is 5.16. The molecule has 0 amide bonds. The minimum Gasteiger partial charge on any atom is -0.324 e. The van der Waals surface area contributed by atoms with Gasteiger partial charge in [-0.3, -0.25) is 0 Å². The molecule has 18 heavy (non-hydrogen) atoms. The van der Waals surface area contributed by atoms with E-state index in [1.807, 2.05) is 0 Å². The van der Waals surface area contributed by atoms with Crippen LogP contribution in [0.15, 0.2) is 23.1 Å². The second-order valence-corrected chi connectivity index (χ2v) is 6.48. The van der Waals surface area contributed by atoms with Gasteiger partial charge in [-0.05, 0) is 38.5 Å². The van der Waals surface area contributed by atoms with Crippen LogP contribution < -0.4 is 10.5 Å². The number of nitrogens with two attached hydrogens (primary N) is 1. The zero-order valence-electron chi connectivity index (χ0n) is 10.5. The van der Waals surface area contributed by atoms with Gasteiger partial charge in [0.05, 0.1) is 0 Å². The fourth-order valence-electron chi connectivity index (χ4n) is 1.18. The quantitative estimate of drug-likeness (QED) is 0.886. The molecule has 1 aromatic carbocycles. The van der Waals surface area contributed by atoms with Gasteiger partial charge in [-0.15, -0.1) is 12.4 Å². The highest BCUT2D eigenvalue weighted by atomic mass is 35.5. The fourth-order valence-corrected chi connectivity index (χ4v) is 2.56. The summed E-state index contributed by atoms with van der Waals surface area (Å²) in [6, 6.07) is 3.94. The zero-order valence-corrected chi connectivity index (χ0v) is 12.2. The zero-order chi connectivity index (χ0) is 13.3. The van der Waals surface area contributed by atoms with Crippen LogP contribution in [0.25, 0.3) is 0 Å². The smallest absolute Gasteiger partial charge is 0.243 e. The molecule has 0 bridgehead atoms. The Labute approximate surface area is 113 Å². The topological polar surface area (TPSA) is 72.2 Å². The van der Waals surface area contributed by atoms with E-state index in [2.05, 4.69) is 4.72 Å². The summed E-state index contributed by atoms with van der Waals surface area (Å²) in [6.45, 7) is 5.11. The molecule has 3 N–H and O–H groups in total. The van der Waals surface area contributed by atoms with Crippen LogP contribution in [0.2, 0.25) is 0 Å². The Balaban J connectivity index is 0.00000289. The molecule has 0 spiro atoms. The summed E-state index contributed by atoms with van der Waals surface area (Å²) in [4.78, 5) is -0.346. The van der Waals surface area contributed by atoms with Crippen LogP contribution in [0, 0.1) is 12.7 Å². The fraction of sp³-hybridized carbons (Fsp3) is 0.455. The molecule has 0 saturated heterocycles. The molecular formula is C11H18ClFN2O2S. The van der Waals surface area contributed by atoms with Gasteiger partial charge in [0.25, 0.3) is 0 Å². The number of benzene rings is 1. The van der Waals surface area contributed by atoms with Gasteiger partial charge in [-0.1, -0.05) is 6.07 Å². The van der Waals surface area contributed by atoms with E-state index in [4.69, 9.17) is 5.73 Å². The Morgan fingerprint density at radius 1 is 1.39 bits per heavy atom. The van der Waals surface area contributed by atoms with Crippen molar-refractivity contribution in [3.8, 4) is 0 Å². The lowest BCUT2D eigenvalue weighted by Crippen LogP contribution is -2.45. The third kappa shape index (κ3) is 4.89. The van der Waals surface area contributed by atoms with E-state index in [0.29, 0.717) is 5.56 Å². The Morgan fingerprint density at radius 3 is 2.44 bits per heavy atom. The Bertz CT molecular complexity index is 512. The van der Waals surface area contributed by atoms with Gasteiger partial charge in [-0.25, -0.2) is 17.5 Å². The normalized spacial score (nSPS) is 12.1. The summed E-state index contributed by atoms with van der Waals surface area (Å²) in [5.41, 5.74) is 5.66. The molecule has 0 aliphatic heterocycles. The highest BCUT2D eigenvalue weighted by molar-refractivity contribution is 7.89. The van der Waals surface area contributed by atoms with Gasteiger partial charge in [0.1, 0.15) is 10.7 Å². The molecule has 0 radical (unpaired) electrons. The molecule has 0 aliphatic carbocycles. The maximum absolute atomic E-state index is 13.4. The Morgan fingerprint density at radius 2 is 1.94 bits per heavy atom. The minimum absolute atomic E-state index is 0. The minimum atomic E-state index is -3.85. The lowest BCUT2D eigenvalue weighted by molar-refractivity contribution is 0.494. The Kier molecular flexibility index (Phi) is 5.74. The molecule has 7 heteroatoms. The summed E-state index contributed by atoms with van der Waals surface area (Å²) in [5.74, 6) is -0.766. The van der Waals surface area contributed by atoms with Crippen LogP contribution in [-0.4, -0.2) is 20.5 Å². The molecule has 0 heterocycles. The molecule has 0 aromatic heterocycles. The first-order valence-corrected chi connectivity index (χ1v) is 6.65. The third-order valence-electron chi connectivity index (χ3n) is 2.09. The van der Waals surface area contributed by atoms with E-state index in [-0.39, 0.29) is 23.8 Å². The van der Waals surface area contributed by atoms with Crippen LogP contribution in [0.5, 0.6) is 0 Å². The van der Waals surface area contributed by atoms with E-state index in [1.165, 1.54) is 12.1 Å². The van der Waals surface area contributed by atoms with Crippen molar-refractivity contribution in [3.63, 3.8) is 0 Å². The molecule has 0 aliphatic rings. The van der Waals surface area contributed by atoms with Crippen LogP contribution >= 0.6 is 12.4 Å². The van der Waals surface area contributed by atoms with Crippen LogP contribution in [-0.2, 0) is 10.0 Å². The van der Waals surface area contributed by atoms with E-state index >= 15 is 0 Å². The molecule has 0 unspecified atom stereocenters. The predicted molar refractivity (Wildman–Crippen MR) is 71.8 cm³/mol. The molecule has 4 nitrogen and oxygen atoms in total. The van der Waals surface area contributed by atoms with Gasteiger partial charge in [0.2, 0.25) is 10.0 Å². The molecule has 0 atom stereocenters. The SMILES string of the molecule is Cc1ccc(F)c(S(=O)(=O)NCC(C)(C)N)c1.Cl. The average Bonchev–Trinajstić information content (AvgIpc) is 2.18. The molecule has 0 saturated carbocycles. The van der Waals surface area contributed by atoms with E-state index < -0.39 is 21.4 Å². The van der Waals surface area contributed by atoms with Crippen molar-refractivity contribution in [1.82, 2.24) is 4.72 Å². The van der Waals surface area contributed by atoms with Crippen LogP contribution in [0.4, 0.5) is 4.39 Å². The first-order chi connectivity index (χ1) is 7.62. The summed E-state index contributed by atoms with van der Waals surface area (Å²) < 4.78 is 39.4. The summed E-state index contributed by atoms with van der Waals surface area (Å²) >= 11 is 0. The van der Waals surface area contributed by atoms with Crippen molar-refractivity contribution in [1.29, 1.82) is 0 Å². The van der Waals surface area contributed by atoms with Crippen molar-refractivity contribution >= 4 is 22.4 Å². The van der Waals surface area contributed by atoms with Crippen molar-refractivity contribution < 1.29 is 12.8 Å². The predicted octanol–water partition coefficient (Wildman–Crippen LogP) is 1.57. The summed E-state index contributed by atoms with van der Waals surface area (Å²) in [5, 5.41) is 0. The summed E-state index contributed by atoms with van der Waals surface area (Å²) in [7, 11) is -3.85. The largest absolute Gasteiger partial charge is 0.324 e. The number of rotatable bonds is 4. The molecule has 104 valence electrons. The van der Waals surface area contributed by atoms with E-state index in [9.17, 15) is 12.8 Å². The van der Waals surface area contributed by atoms with Crippen LogP contribution in [0.1, 0.15) is 19.4 Å². The highest BCUT2D eigenvalue weighted by Gasteiger charge is 2.21. The summed E-state index contributed by atoms with van der Waals surface area (Å²) in [6.07, 6.45) is 0. The van der Waals surface area contributed by atoms with E-state index in [0.717, 1.165) is 6.07 Å². The third-order valence-corrected chi connectivity index (χ3v) is 3.51. The standard InChI is InChI=1S/C11H17FN2O2S.ClH/c1-8-4-5-9(12)10(6-8)17(15,16)14-7-11(2,3)13;/h4-6,14H,7,13H2,1-3H3;1H. The Hall–Kier alpha value is -0.690. The molecule has 1 rings (SSSR count). The second-order valence-electron chi connectivity index (χ2n) is 4.75. The molecule has 1 aromatic rings. The number of sulfonamides is 1. The van der Waals surface area contributed by atoms with Crippen molar-refractivity contribution in [2.24, 2.45) is 5.73 Å². The first kappa shape index (κ1) is 17.3. The van der Waals surface area contributed by atoms with Gasteiger partial charge in [-0.2, -0.15) is 0 Å². The number of nitrogens with one attached hydrogen (secondary N) is 1. The average molecular weight is 297 g/mol. The van der Waals surface area contributed by atoms with Gasteiger partial charge in [0.15, 0.2) is 0 Å². The number of halogens is 2. The van der Waals surface area contributed by atoms with Crippen molar-refractivity contribution in [3.05, 3.63) is 29.6 Å². The van der Waals surface area contributed by atoms with Gasteiger partial charge < -0.3 is 5.73 Å². The second kappa shape index (κ2) is 5.97. The lowest BCUT2D eigenvalue weighted by atomic mass is 10.1. The van der Waals surface area contributed by atoms with E-state index in [1.54, 1.807) is 20.8 Å². The van der Waals surface area contributed by atoms with Crippen molar-refractivity contribution in [2.45, 2.75) is 31.2 Å². The molecule has 0 fully saturated rings. The van der Waals surface area contributed by atoms with Crippen LogP contribution in [0.3, 0.4) is 0 Å². The highest BCUT2D eigenvalue weighted by Crippen LogP contribution is 2.16. The maximum atomic E-state index is 13.4. The van der Waals surface area contributed by atoms with Crippen molar-refractivity contribution in [2.75, 3.05) is 6.54 Å². The monoisotopic (exact) mass is 296 g/mol. The lowest BCUT2D eigenvalue weighted by Gasteiger charge is -2.19. The van der Waals surface area contributed by atoms with Gasteiger partial charge >= 0.3 is 0 Å². The maximum Gasteiger partial charge on any atom is 0.243 e. The number of hydrogen-bond acceptors (Lipinski definition) is 3. The molecular weight excluding hydrogens is 279 g/mol. The number of aryl methyl sites for hydroxylation is 1.